The van der Waals surface area contributed by atoms with E-state index in [2.05, 4.69) is 10.2 Å². The molecule has 7 nitrogen and oxygen atoms in total. The lowest BCUT2D eigenvalue weighted by molar-refractivity contribution is -0.150. The summed E-state index contributed by atoms with van der Waals surface area (Å²) >= 11 is 1.48. The highest BCUT2D eigenvalue weighted by Crippen LogP contribution is 2.32. The van der Waals surface area contributed by atoms with E-state index in [9.17, 15) is 19.5 Å². The minimum Gasteiger partial charge on any atom is -0.481 e. The number of carbonyl (C=O) groups excluding carboxylic acids is 1. The van der Waals surface area contributed by atoms with E-state index in [1.54, 1.807) is 11.5 Å². The molecule has 32 heavy (non-hydrogen) atoms. The number of aliphatic carboxylic acids is 1. The van der Waals surface area contributed by atoms with Gasteiger partial charge in [0.2, 0.25) is 5.91 Å². The van der Waals surface area contributed by atoms with Crippen LogP contribution in [0.2, 0.25) is 0 Å². The molecule has 1 unspecified atom stereocenters. The van der Waals surface area contributed by atoms with Crippen LogP contribution < -0.4 is 10.9 Å². The fourth-order valence-corrected chi connectivity index (χ4v) is 5.60. The first-order valence-electron chi connectivity index (χ1n) is 11.6. The van der Waals surface area contributed by atoms with Gasteiger partial charge in [-0.05, 0) is 83.1 Å². The molecule has 3 heterocycles. The smallest absolute Gasteiger partial charge is 0.310 e. The minimum absolute atomic E-state index is 0.0132. The molecular formula is C24H35N3O4S. The Bertz CT molecular complexity index is 1010. The van der Waals surface area contributed by atoms with Gasteiger partial charge in [0.05, 0.1) is 5.41 Å². The van der Waals surface area contributed by atoms with Gasteiger partial charge in [0, 0.05) is 30.5 Å². The summed E-state index contributed by atoms with van der Waals surface area (Å²) in [5.41, 5.74) is -0.742. The third-order valence-corrected chi connectivity index (χ3v) is 7.24. The van der Waals surface area contributed by atoms with Gasteiger partial charge >= 0.3 is 5.97 Å². The first-order chi connectivity index (χ1) is 15.2. The van der Waals surface area contributed by atoms with Gasteiger partial charge in [-0.2, -0.15) is 0 Å². The molecule has 0 bridgehead atoms. The Labute approximate surface area is 193 Å². The Morgan fingerprint density at radius 1 is 1.25 bits per heavy atom. The lowest BCUT2D eigenvalue weighted by Gasteiger charge is -2.27. The van der Waals surface area contributed by atoms with Crippen molar-refractivity contribution in [1.29, 1.82) is 0 Å². The number of piperidine rings is 1. The predicted octanol–water partition coefficient (Wildman–Crippen LogP) is 3.66. The number of rotatable bonds is 10. The van der Waals surface area contributed by atoms with Crippen molar-refractivity contribution < 1.29 is 14.7 Å². The van der Waals surface area contributed by atoms with E-state index in [0.29, 0.717) is 12.1 Å². The zero-order valence-electron chi connectivity index (χ0n) is 19.4. The van der Waals surface area contributed by atoms with Crippen LogP contribution >= 0.6 is 11.3 Å². The lowest BCUT2D eigenvalue weighted by Crippen LogP contribution is -2.38. The summed E-state index contributed by atoms with van der Waals surface area (Å²) in [5, 5.41) is 15.6. The number of aromatic nitrogens is 1. The van der Waals surface area contributed by atoms with E-state index in [1.165, 1.54) is 36.7 Å². The number of nitrogens with zero attached hydrogens (tertiary/aromatic N) is 2. The number of likely N-dealkylation sites (tertiary alicyclic amines) is 1. The van der Waals surface area contributed by atoms with E-state index in [0.717, 1.165) is 36.3 Å². The van der Waals surface area contributed by atoms with Gasteiger partial charge in [-0.1, -0.05) is 6.42 Å². The quantitative estimate of drug-likeness (QED) is 0.527. The molecule has 0 spiro atoms. The third-order valence-electron chi connectivity index (χ3n) is 6.33. The number of carboxylic acid groups (broad SMARTS) is 1. The first-order valence-corrected chi connectivity index (χ1v) is 12.4. The van der Waals surface area contributed by atoms with Crippen LogP contribution in [0.15, 0.2) is 22.3 Å². The molecule has 1 aliphatic rings. The van der Waals surface area contributed by atoms with Crippen LogP contribution in [0, 0.1) is 5.41 Å². The number of amides is 1. The molecule has 1 aliphatic heterocycles. The fraction of sp³-hybridized carbons (Fsp3) is 0.625. The number of hydrogen-bond acceptors (Lipinski definition) is 5. The van der Waals surface area contributed by atoms with Crippen LogP contribution in [-0.4, -0.2) is 52.6 Å². The van der Waals surface area contributed by atoms with Crippen molar-refractivity contribution in [2.75, 3.05) is 26.2 Å². The second-order valence-electron chi connectivity index (χ2n) is 9.44. The second-order valence-corrected chi connectivity index (χ2v) is 10.3. The summed E-state index contributed by atoms with van der Waals surface area (Å²) in [7, 11) is 0. The number of carbonyl (C=O) groups is 2. The SMILES string of the molecule is CC(C)n1c(=O)cc(CC(C)(CC(=O)NCCCN2CCCCC2)C(=O)O)c2ccsc21. The number of nitrogens with one attached hydrogen (secondary N) is 1. The highest BCUT2D eigenvalue weighted by molar-refractivity contribution is 7.16. The number of carboxylic acids is 1. The van der Waals surface area contributed by atoms with Gasteiger partial charge in [-0.15, -0.1) is 11.3 Å². The Balaban J connectivity index is 1.66. The van der Waals surface area contributed by atoms with Crippen molar-refractivity contribution in [3.63, 3.8) is 0 Å². The molecule has 1 atom stereocenters. The summed E-state index contributed by atoms with van der Waals surface area (Å²) in [6, 6.07) is 3.47. The fourth-order valence-electron chi connectivity index (χ4n) is 4.53. The number of thiophene rings is 1. The number of pyridine rings is 1. The molecule has 1 fully saturated rings. The molecule has 0 aliphatic carbocycles. The molecule has 2 N–H and O–H groups in total. The molecular weight excluding hydrogens is 426 g/mol. The van der Waals surface area contributed by atoms with E-state index in [1.807, 2.05) is 25.3 Å². The van der Waals surface area contributed by atoms with Crippen LogP contribution in [0.3, 0.4) is 0 Å². The molecule has 3 rings (SSSR count). The van der Waals surface area contributed by atoms with Crippen LogP contribution in [0.4, 0.5) is 0 Å². The van der Waals surface area contributed by atoms with Crippen LogP contribution in [0.1, 0.15) is 64.5 Å². The average molecular weight is 462 g/mol. The van der Waals surface area contributed by atoms with E-state index in [4.69, 9.17) is 0 Å². The van der Waals surface area contributed by atoms with E-state index < -0.39 is 11.4 Å². The maximum atomic E-state index is 12.7. The van der Waals surface area contributed by atoms with Crippen LogP contribution in [0.25, 0.3) is 10.2 Å². The monoisotopic (exact) mass is 461 g/mol. The van der Waals surface area contributed by atoms with Gasteiger partial charge in [-0.3, -0.25) is 19.0 Å². The average Bonchev–Trinajstić information content (AvgIpc) is 3.21. The van der Waals surface area contributed by atoms with Crippen molar-refractivity contribution >= 4 is 33.4 Å². The summed E-state index contributed by atoms with van der Waals surface area (Å²) in [4.78, 5) is 40.7. The predicted molar refractivity (Wildman–Crippen MR) is 128 cm³/mol. The molecule has 1 amide bonds. The molecule has 0 saturated carbocycles. The molecule has 2 aromatic rings. The molecule has 1 saturated heterocycles. The molecule has 176 valence electrons. The number of fused-ring (bicyclic) bond motifs is 1. The highest BCUT2D eigenvalue weighted by Gasteiger charge is 2.36. The normalized spacial score (nSPS) is 16.9. The summed E-state index contributed by atoms with van der Waals surface area (Å²) in [5.74, 6) is -1.29. The Morgan fingerprint density at radius 3 is 2.62 bits per heavy atom. The summed E-state index contributed by atoms with van der Waals surface area (Å²) < 4.78 is 1.73. The largest absolute Gasteiger partial charge is 0.481 e. The lowest BCUT2D eigenvalue weighted by atomic mass is 9.80. The molecule has 0 aromatic carbocycles. The van der Waals surface area contributed by atoms with Gasteiger partial charge in [-0.25, -0.2) is 0 Å². The van der Waals surface area contributed by atoms with Crippen molar-refractivity contribution in [2.45, 2.75) is 65.3 Å². The zero-order chi connectivity index (χ0) is 23.3. The standard InChI is InChI=1S/C24H35N3O4S/c1-17(2)27-21(29)14-18(19-8-13-32-22(19)27)15-24(3,23(30)31)16-20(28)25-9-7-12-26-10-5-4-6-11-26/h8,13-14,17H,4-7,9-12,15-16H2,1-3H3,(H,25,28)(H,30,31). The first kappa shape index (κ1) is 24.5. The number of hydrogen-bond donors (Lipinski definition) is 2. The molecule has 2 aromatic heterocycles. The van der Waals surface area contributed by atoms with Crippen LogP contribution in [0.5, 0.6) is 0 Å². The maximum Gasteiger partial charge on any atom is 0.310 e. The van der Waals surface area contributed by atoms with Gasteiger partial charge in [0.1, 0.15) is 4.83 Å². The van der Waals surface area contributed by atoms with Crippen molar-refractivity contribution in [3.8, 4) is 0 Å². The second kappa shape index (κ2) is 10.6. The summed E-state index contributed by atoms with van der Waals surface area (Å²) in [6.07, 6.45) is 4.64. The maximum absolute atomic E-state index is 12.7. The minimum atomic E-state index is -1.29. The molecule has 8 heteroatoms. The van der Waals surface area contributed by atoms with Gasteiger partial charge in [0.15, 0.2) is 0 Å². The highest BCUT2D eigenvalue weighted by atomic mass is 32.1. The van der Waals surface area contributed by atoms with Crippen molar-refractivity contribution in [3.05, 3.63) is 33.4 Å². The Hall–Kier alpha value is -2.19. The Morgan fingerprint density at radius 2 is 1.97 bits per heavy atom. The van der Waals surface area contributed by atoms with Gasteiger partial charge in [0.25, 0.3) is 5.56 Å². The zero-order valence-corrected chi connectivity index (χ0v) is 20.2. The Kier molecular flexibility index (Phi) is 8.11. The van der Waals surface area contributed by atoms with E-state index in [-0.39, 0.29) is 30.3 Å². The molecule has 0 radical (unpaired) electrons. The van der Waals surface area contributed by atoms with Crippen molar-refractivity contribution in [2.24, 2.45) is 5.41 Å². The third kappa shape index (κ3) is 5.78. The summed E-state index contributed by atoms with van der Waals surface area (Å²) in [6.45, 7) is 9.25. The van der Waals surface area contributed by atoms with Gasteiger partial charge < -0.3 is 15.3 Å². The van der Waals surface area contributed by atoms with Crippen molar-refractivity contribution in [1.82, 2.24) is 14.8 Å². The van der Waals surface area contributed by atoms with E-state index >= 15 is 0 Å². The topological polar surface area (TPSA) is 91.6 Å². The van der Waals surface area contributed by atoms with Crippen LogP contribution in [-0.2, 0) is 16.0 Å².